The summed E-state index contributed by atoms with van der Waals surface area (Å²) in [5.41, 5.74) is 7.95. The monoisotopic (exact) mass is 592 g/mol. The Hall–Kier alpha value is -2.72. The molecule has 2 aliphatic heterocycles. The number of rotatable bonds is 10. The maximum Gasteiger partial charge on any atom is 0.305 e. The van der Waals surface area contributed by atoms with Crippen molar-refractivity contribution in [3.63, 3.8) is 0 Å². The first-order chi connectivity index (χ1) is 19.2. The Balaban J connectivity index is 1.52. The van der Waals surface area contributed by atoms with E-state index in [0.717, 1.165) is 17.5 Å². The lowest BCUT2D eigenvalue weighted by Crippen LogP contribution is -2.53. The van der Waals surface area contributed by atoms with E-state index in [1.54, 1.807) is 29.2 Å². The van der Waals surface area contributed by atoms with E-state index in [-0.39, 0.29) is 49.1 Å². The molecule has 8 nitrogen and oxygen atoms in total. The quantitative estimate of drug-likeness (QED) is 0.408. The number of esters is 1. The van der Waals surface area contributed by atoms with E-state index in [0.29, 0.717) is 42.4 Å². The molecule has 2 fully saturated rings. The molecule has 0 spiro atoms. The van der Waals surface area contributed by atoms with Gasteiger partial charge in [-0.05, 0) is 67.5 Å². The van der Waals surface area contributed by atoms with Crippen molar-refractivity contribution in [1.29, 1.82) is 0 Å². The van der Waals surface area contributed by atoms with Gasteiger partial charge in [-0.15, -0.1) is 0 Å². The van der Waals surface area contributed by atoms with Gasteiger partial charge in [-0.2, -0.15) is 0 Å². The van der Waals surface area contributed by atoms with Crippen LogP contribution in [0.15, 0.2) is 42.5 Å². The van der Waals surface area contributed by atoms with Gasteiger partial charge in [0.15, 0.2) is 0 Å². The molecule has 2 saturated heterocycles. The number of carbonyl (C=O) groups excluding carboxylic acids is 3. The summed E-state index contributed by atoms with van der Waals surface area (Å²) in [6, 6.07) is 10.2. The van der Waals surface area contributed by atoms with Gasteiger partial charge < -0.3 is 20.7 Å². The van der Waals surface area contributed by atoms with E-state index < -0.39 is 18.1 Å². The van der Waals surface area contributed by atoms with Gasteiger partial charge in [-0.3, -0.25) is 19.3 Å². The zero-order chi connectivity index (χ0) is 28.8. The van der Waals surface area contributed by atoms with Crippen LogP contribution in [-0.4, -0.2) is 72.0 Å². The molecule has 2 amide bonds. The number of aryl methyl sites for hydroxylation is 1. The Bertz CT molecular complexity index is 1230. The summed E-state index contributed by atoms with van der Waals surface area (Å²) in [5, 5.41) is 3.68. The van der Waals surface area contributed by atoms with E-state index >= 15 is 0 Å². The van der Waals surface area contributed by atoms with Crippen molar-refractivity contribution in [3.05, 3.63) is 69.5 Å². The van der Waals surface area contributed by atoms with Crippen LogP contribution < -0.4 is 11.1 Å². The van der Waals surface area contributed by atoms with Gasteiger partial charge in [0.1, 0.15) is 11.9 Å². The molecule has 1 unspecified atom stereocenters. The van der Waals surface area contributed by atoms with Crippen molar-refractivity contribution in [2.24, 2.45) is 5.73 Å². The second kappa shape index (κ2) is 13.8. The van der Waals surface area contributed by atoms with Crippen molar-refractivity contribution >= 4 is 41.0 Å². The van der Waals surface area contributed by atoms with Crippen LogP contribution in [0, 0.1) is 5.82 Å². The van der Waals surface area contributed by atoms with Crippen LogP contribution in [0.2, 0.25) is 10.0 Å². The standard InChI is InChI=1S/C29H35Cl2FN4O4/c1-40-27(37)10-9-25(28(38)34-16-19-6-8-23(30)24(31)14-19)35-12-11-22(7-5-18-3-2-4-20(32)13-18)36-17-21(33)15-26(36)29(35)39/h2-4,6,8,13-14,21-22,25-26H,5,7,9-12,15-17,33H2,1H3,(H,34,38)/t21-,22?,25-,26+/m1/s1. The minimum absolute atomic E-state index is 0.0119. The Kier molecular flexibility index (Phi) is 10.4. The summed E-state index contributed by atoms with van der Waals surface area (Å²) in [4.78, 5) is 43.2. The van der Waals surface area contributed by atoms with Crippen LogP contribution in [0.1, 0.15) is 43.2 Å². The van der Waals surface area contributed by atoms with Gasteiger partial charge in [-0.25, -0.2) is 4.39 Å². The molecule has 0 bridgehead atoms. The summed E-state index contributed by atoms with van der Waals surface area (Å²) in [5.74, 6) is -1.26. The average Bonchev–Trinajstić information content (AvgIpc) is 3.28. The Morgan fingerprint density at radius 2 is 1.98 bits per heavy atom. The largest absolute Gasteiger partial charge is 0.469 e. The number of fused-ring (bicyclic) bond motifs is 1. The van der Waals surface area contributed by atoms with Gasteiger partial charge in [0.25, 0.3) is 0 Å². The predicted molar refractivity (Wildman–Crippen MR) is 151 cm³/mol. The number of nitrogens with one attached hydrogen (secondary N) is 1. The lowest BCUT2D eigenvalue weighted by atomic mass is 10.0. The first-order valence-electron chi connectivity index (χ1n) is 13.5. The lowest BCUT2D eigenvalue weighted by Gasteiger charge is -2.32. The molecule has 0 saturated carbocycles. The van der Waals surface area contributed by atoms with Crippen molar-refractivity contribution in [2.45, 2.75) is 69.2 Å². The average molecular weight is 594 g/mol. The molecule has 0 aromatic heterocycles. The number of halogens is 3. The normalized spacial score (nSPS) is 22.0. The summed E-state index contributed by atoms with van der Waals surface area (Å²) in [6.45, 7) is 1.11. The fourth-order valence-corrected chi connectivity index (χ4v) is 6.00. The maximum atomic E-state index is 13.9. The first kappa shape index (κ1) is 30.2. The number of methoxy groups -OCH3 is 1. The minimum Gasteiger partial charge on any atom is -0.469 e. The van der Waals surface area contributed by atoms with E-state index in [1.165, 1.54) is 19.2 Å². The van der Waals surface area contributed by atoms with Crippen LogP contribution in [0.25, 0.3) is 0 Å². The van der Waals surface area contributed by atoms with Gasteiger partial charge in [0, 0.05) is 38.1 Å². The molecule has 216 valence electrons. The molecule has 40 heavy (non-hydrogen) atoms. The highest BCUT2D eigenvalue weighted by Gasteiger charge is 2.45. The number of hydrogen-bond donors (Lipinski definition) is 2. The molecule has 0 aliphatic carbocycles. The van der Waals surface area contributed by atoms with Gasteiger partial charge in [0.05, 0.1) is 23.2 Å². The third kappa shape index (κ3) is 7.51. The zero-order valence-corrected chi connectivity index (χ0v) is 24.0. The molecule has 3 N–H and O–H groups in total. The van der Waals surface area contributed by atoms with Gasteiger partial charge >= 0.3 is 5.97 Å². The smallest absolute Gasteiger partial charge is 0.305 e. The van der Waals surface area contributed by atoms with Crippen molar-refractivity contribution < 1.29 is 23.5 Å². The molecule has 11 heteroatoms. The molecule has 4 rings (SSSR count). The Morgan fingerprint density at radius 1 is 1.18 bits per heavy atom. The molecule has 4 atom stereocenters. The number of nitrogens with zero attached hydrogens (tertiary/aromatic N) is 2. The fraction of sp³-hybridized carbons (Fsp3) is 0.483. The number of carbonyl (C=O) groups is 3. The summed E-state index contributed by atoms with van der Waals surface area (Å²) in [6.07, 6.45) is 2.61. The van der Waals surface area contributed by atoms with E-state index in [1.807, 2.05) is 6.07 Å². The summed E-state index contributed by atoms with van der Waals surface area (Å²) >= 11 is 12.1. The van der Waals surface area contributed by atoms with Crippen LogP contribution in [-0.2, 0) is 32.1 Å². The number of amides is 2. The number of hydrogen-bond acceptors (Lipinski definition) is 6. The third-order valence-electron chi connectivity index (χ3n) is 7.75. The molecular formula is C29H35Cl2FN4O4. The van der Waals surface area contributed by atoms with Crippen LogP contribution >= 0.6 is 23.2 Å². The molecule has 2 aromatic carbocycles. The first-order valence-corrected chi connectivity index (χ1v) is 14.3. The highest BCUT2D eigenvalue weighted by atomic mass is 35.5. The number of benzene rings is 2. The zero-order valence-electron chi connectivity index (χ0n) is 22.5. The summed E-state index contributed by atoms with van der Waals surface area (Å²) < 4.78 is 18.5. The lowest BCUT2D eigenvalue weighted by molar-refractivity contribution is -0.145. The number of nitrogens with two attached hydrogens (primary N) is 1. The fourth-order valence-electron chi connectivity index (χ4n) is 5.68. The molecule has 2 aromatic rings. The van der Waals surface area contributed by atoms with Crippen LogP contribution in [0.5, 0.6) is 0 Å². The minimum atomic E-state index is -0.866. The van der Waals surface area contributed by atoms with Gasteiger partial charge in [-0.1, -0.05) is 41.4 Å². The van der Waals surface area contributed by atoms with Crippen molar-refractivity contribution in [3.8, 4) is 0 Å². The van der Waals surface area contributed by atoms with E-state index in [9.17, 15) is 18.8 Å². The topological polar surface area (TPSA) is 105 Å². The Labute approximate surface area is 243 Å². The number of ether oxygens (including phenoxy) is 1. The van der Waals surface area contributed by atoms with Crippen molar-refractivity contribution in [2.75, 3.05) is 20.2 Å². The van der Waals surface area contributed by atoms with Gasteiger partial charge in [0.2, 0.25) is 11.8 Å². The summed E-state index contributed by atoms with van der Waals surface area (Å²) in [7, 11) is 1.29. The van der Waals surface area contributed by atoms with Crippen molar-refractivity contribution in [1.82, 2.24) is 15.1 Å². The molecular weight excluding hydrogens is 558 g/mol. The Morgan fingerprint density at radius 3 is 2.70 bits per heavy atom. The van der Waals surface area contributed by atoms with Crippen LogP contribution in [0.4, 0.5) is 4.39 Å². The highest BCUT2D eigenvalue weighted by Crippen LogP contribution is 2.30. The predicted octanol–water partition coefficient (Wildman–Crippen LogP) is 3.71. The highest BCUT2D eigenvalue weighted by molar-refractivity contribution is 6.42. The van der Waals surface area contributed by atoms with E-state index in [2.05, 4.69) is 10.2 Å². The molecule has 2 aliphatic rings. The molecule has 2 heterocycles. The second-order valence-corrected chi connectivity index (χ2v) is 11.3. The molecule has 0 radical (unpaired) electrons. The van der Waals surface area contributed by atoms with Crippen LogP contribution in [0.3, 0.4) is 0 Å². The SMILES string of the molecule is COC(=O)CC[C@H](C(=O)NCc1ccc(Cl)c(Cl)c1)N1CCC(CCc2cccc(F)c2)N2C[C@H](N)C[C@H]2C1=O. The maximum absolute atomic E-state index is 13.9. The second-order valence-electron chi connectivity index (χ2n) is 10.4. The third-order valence-corrected chi connectivity index (χ3v) is 8.49. The van der Waals surface area contributed by atoms with E-state index in [4.69, 9.17) is 33.7 Å².